The fourth-order valence-electron chi connectivity index (χ4n) is 1.28. The number of hydrogen-bond donors (Lipinski definition) is 0. The molecule has 0 bridgehead atoms. The fourth-order valence-corrected chi connectivity index (χ4v) is 1.28. The van der Waals surface area contributed by atoms with E-state index in [-0.39, 0.29) is 17.8 Å². The number of carbonyl (C=O) groups is 2. The molecule has 0 aliphatic rings. The molecule has 0 saturated carbocycles. The van der Waals surface area contributed by atoms with Crippen LogP contribution in [0.3, 0.4) is 0 Å². The van der Waals surface area contributed by atoms with Crippen LogP contribution in [-0.2, 0) is 24.3 Å². The first-order chi connectivity index (χ1) is 10.3. The summed E-state index contributed by atoms with van der Waals surface area (Å²) in [5.74, 6) is -0.794. The first kappa shape index (κ1) is 17.9. The molecule has 0 N–H and O–H groups in total. The van der Waals surface area contributed by atoms with Crippen LogP contribution in [0, 0.1) is 0 Å². The molecule has 0 aromatic heterocycles. The van der Waals surface area contributed by atoms with Crippen LogP contribution < -0.4 is 0 Å². The van der Waals surface area contributed by atoms with Crippen molar-refractivity contribution in [3.05, 3.63) is 35.9 Å². The van der Waals surface area contributed by atoms with Crippen LogP contribution in [0.5, 0.6) is 0 Å². The molecule has 0 amide bonds. The zero-order valence-electron chi connectivity index (χ0n) is 13.0. The van der Waals surface area contributed by atoms with Crippen molar-refractivity contribution in [1.29, 1.82) is 0 Å². The van der Waals surface area contributed by atoms with Gasteiger partial charge in [-0.05, 0) is 39.8 Å². The normalized spacial score (nSPS) is 12.4. The maximum absolute atomic E-state index is 11.5. The minimum absolute atomic E-state index is 0.197. The summed E-state index contributed by atoms with van der Waals surface area (Å²) < 4.78 is 10.3. The molecule has 0 fully saturated rings. The van der Waals surface area contributed by atoms with Gasteiger partial charge in [0.1, 0.15) is 6.10 Å². The smallest absolute Gasteiger partial charge is 0.427 e. The summed E-state index contributed by atoms with van der Waals surface area (Å²) in [5, 5.41) is 4.09. The highest BCUT2D eigenvalue weighted by atomic mass is 17.5. The molecular weight excluding hydrogens is 292 g/mol. The van der Waals surface area contributed by atoms with Gasteiger partial charge in [-0.3, -0.25) is 4.89 Å². The van der Waals surface area contributed by atoms with Crippen molar-refractivity contribution in [3.63, 3.8) is 0 Å². The van der Waals surface area contributed by atoms with E-state index in [1.54, 1.807) is 25.1 Å². The topological polar surface area (TPSA) is 80.3 Å². The molecular formula is C15H20O7. The Kier molecular flexibility index (Phi) is 6.81. The summed E-state index contributed by atoms with van der Waals surface area (Å²) in [6.07, 6.45) is -1.67. The lowest BCUT2D eigenvalue weighted by atomic mass is 10.2. The molecule has 1 unspecified atom stereocenters. The minimum atomic E-state index is -1.13. The van der Waals surface area contributed by atoms with Crippen molar-refractivity contribution >= 4 is 12.1 Å². The highest BCUT2D eigenvalue weighted by molar-refractivity contribution is 5.88. The number of ether oxygens (including phenoxy) is 2. The Balaban J connectivity index is 2.22. The van der Waals surface area contributed by atoms with Crippen LogP contribution in [0.25, 0.3) is 0 Å². The molecule has 7 heteroatoms. The van der Waals surface area contributed by atoms with E-state index >= 15 is 0 Å². The lowest BCUT2D eigenvalue weighted by Gasteiger charge is -2.21. The molecule has 0 aliphatic carbocycles. The summed E-state index contributed by atoms with van der Waals surface area (Å²) in [5.41, 5.74) is -0.0881. The van der Waals surface area contributed by atoms with Gasteiger partial charge in [0.25, 0.3) is 0 Å². The summed E-state index contributed by atoms with van der Waals surface area (Å²) >= 11 is 0. The third-order valence-corrected chi connectivity index (χ3v) is 2.27. The summed E-state index contributed by atoms with van der Waals surface area (Å²) in [6, 6.07) is 8.10. The Labute approximate surface area is 128 Å². The Hall–Kier alpha value is -2.12. The number of rotatable bonds is 6. The Morgan fingerprint density at radius 2 is 1.73 bits per heavy atom. The Morgan fingerprint density at radius 1 is 1.09 bits per heavy atom. The van der Waals surface area contributed by atoms with E-state index in [0.29, 0.717) is 0 Å². The average molecular weight is 312 g/mol. The van der Waals surface area contributed by atoms with E-state index in [4.69, 9.17) is 9.47 Å². The zero-order valence-corrected chi connectivity index (χ0v) is 13.0. The predicted octanol–water partition coefficient (Wildman–Crippen LogP) is 3.05. The summed E-state index contributed by atoms with van der Waals surface area (Å²) in [4.78, 5) is 31.2. The van der Waals surface area contributed by atoms with Gasteiger partial charge in [0, 0.05) is 0 Å². The largest absolute Gasteiger partial charge is 0.543 e. The van der Waals surface area contributed by atoms with Crippen molar-refractivity contribution in [1.82, 2.24) is 0 Å². The van der Waals surface area contributed by atoms with E-state index in [1.807, 2.05) is 20.8 Å². The van der Waals surface area contributed by atoms with Crippen molar-refractivity contribution in [3.8, 4) is 0 Å². The van der Waals surface area contributed by atoms with Gasteiger partial charge in [0.2, 0.25) is 0 Å². The van der Waals surface area contributed by atoms with E-state index in [9.17, 15) is 9.59 Å². The van der Waals surface area contributed by atoms with E-state index in [0.717, 1.165) is 0 Å². The van der Waals surface area contributed by atoms with Crippen LogP contribution in [0.4, 0.5) is 4.79 Å². The van der Waals surface area contributed by atoms with Crippen molar-refractivity contribution in [2.75, 3.05) is 6.61 Å². The number of hydrogen-bond acceptors (Lipinski definition) is 7. The second kappa shape index (κ2) is 8.35. The molecule has 0 spiro atoms. The maximum Gasteiger partial charge on any atom is 0.543 e. The van der Waals surface area contributed by atoms with Gasteiger partial charge < -0.3 is 9.47 Å². The van der Waals surface area contributed by atoms with Crippen LogP contribution in [0.15, 0.2) is 30.3 Å². The van der Waals surface area contributed by atoms with Gasteiger partial charge in [-0.2, -0.15) is 0 Å². The fraction of sp³-hybridized carbons (Fsp3) is 0.467. The van der Waals surface area contributed by atoms with Gasteiger partial charge in [0.15, 0.2) is 0 Å². The van der Waals surface area contributed by atoms with Crippen LogP contribution >= 0.6 is 0 Å². The van der Waals surface area contributed by atoms with Crippen LogP contribution in [0.2, 0.25) is 0 Å². The molecule has 122 valence electrons. The SMILES string of the molecule is CC(COC(C)(C)C)OC(=O)OOOC(=O)c1ccccc1. The van der Waals surface area contributed by atoms with Gasteiger partial charge in [-0.1, -0.05) is 18.2 Å². The third-order valence-electron chi connectivity index (χ3n) is 2.27. The lowest BCUT2D eigenvalue weighted by molar-refractivity contribution is -0.453. The molecule has 0 heterocycles. The molecule has 7 nitrogen and oxygen atoms in total. The Morgan fingerprint density at radius 3 is 2.32 bits per heavy atom. The molecule has 0 saturated heterocycles. The Bertz CT molecular complexity index is 478. The highest BCUT2D eigenvalue weighted by Gasteiger charge is 2.17. The van der Waals surface area contributed by atoms with E-state index in [1.165, 1.54) is 12.1 Å². The maximum atomic E-state index is 11.5. The molecule has 0 radical (unpaired) electrons. The molecule has 0 aliphatic heterocycles. The predicted molar refractivity (Wildman–Crippen MR) is 75.7 cm³/mol. The quantitative estimate of drug-likeness (QED) is 0.453. The first-order valence-corrected chi connectivity index (χ1v) is 6.73. The van der Waals surface area contributed by atoms with Crippen LogP contribution in [0.1, 0.15) is 38.1 Å². The minimum Gasteiger partial charge on any atom is -0.427 e. The standard InChI is InChI=1S/C15H20O7/c1-11(10-18-15(2,3)4)19-14(17)21-22-20-13(16)12-8-6-5-7-9-12/h5-9,11H,10H2,1-4H3. The van der Waals surface area contributed by atoms with Crippen molar-refractivity contribution < 1.29 is 33.9 Å². The number of benzene rings is 1. The van der Waals surface area contributed by atoms with Gasteiger partial charge in [-0.25, -0.2) is 14.5 Å². The molecule has 1 aromatic rings. The molecule has 1 aromatic carbocycles. The second-order valence-corrected chi connectivity index (χ2v) is 5.49. The highest BCUT2D eigenvalue weighted by Crippen LogP contribution is 2.08. The van der Waals surface area contributed by atoms with Gasteiger partial charge >= 0.3 is 12.1 Å². The van der Waals surface area contributed by atoms with E-state index in [2.05, 4.69) is 14.8 Å². The summed E-state index contributed by atoms with van der Waals surface area (Å²) in [7, 11) is 0. The van der Waals surface area contributed by atoms with Crippen molar-refractivity contribution in [2.24, 2.45) is 0 Å². The monoisotopic (exact) mass is 312 g/mol. The molecule has 22 heavy (non-hydrogen) atoms. The number of carbonyl (C=O) groups excluding carboxylic acids is 2. The first-order valence-electron chi connectivity index (χ1n) is 6.73. The zero-order chi connectivity index (χ0) is 16.6. The molecule has 1 rings (SSSR count). The average Bonchev–Trinajstić information content (AvgIpc) is 2.45. The molecule has 1 atom stereocenters. The van der Waals surface area contributed by atoms with Crippen molar-refractivity contribution in [2.45, 2.75) is 39.4 Å². The summed E-state index contributed by atoms with van der Waals surface area (Å²) in [6.45, 7) is 7.46. The second-order valence-electron chi connectivity index (χ2n) is 5.49. The third kappa shape index (κ3) is 7.61. The lowest BCUT2D eigenvalue weighted by Crippen LogP contribution is -2.28. The van der Waals surface area contributed by atoms with Gasteiger partial charge in [0.05, 0.1) is 22.8 Å². The van der Waals surface area contributed by atoms with E-state index < -0.39 is 18.2 Å². The van der Waals surface area contributed by atoms with Gasteiger partial charge in [-0.15, -0.1) is 0 Å². The van der Waals surface area contributed by atoms with Crippen LogP contribution in [-0.4, -0.2) is 30.4 Å².